The first-order chi connectivity index (χ1) is 17.9. The van der Waals surface area contributed by atoms with Crippen molar-refractivity contribution in [3.63, 3.8) is 0 Å². The third-order valence-electron chi connectivity index (χ3n) is 5.45. The number of benzene rings is 3. The minimum atomic E-state index is -0.507. The molecule has 3 aromatic carbocycles. The molecule has 0 aliphatic carbocycles. The van der Waals surface area contributed by atoms with Crippen molar-refractivity contribution in [3.05, 3.63) is 91.9 Å². The fourth-order valence-electron chi connectivity index (χ4n) is 3.64. The topological polar surface area (TPSA) is 84.9 Å². The average molecular weight is 628 g/mol. The van der Waals surface area contributed by atoms with E-state index in [2.05, 4.69) is 27.9 Å². The van der Waals surface area contributed by atoms with Gasteiger partial charge in [0.25, 0.3) is 11.1 Å². The van der Waals surface area contributed by atoms with Crippen molar-refractivity contribution in [1.82, 2.24) is 4.90 Å². The smallest absolute Gasteiger partial charge is 0.294 e. The number of hydrogen-bond acceptors (Lipinski definition) is 6. The number of nitrogens with zero attached hydrogens (tertiary/aromatic N) is 1. The molecule has 190 valence electrons. The van der Waals surface area contributed by atoms with Crippen LogP contribution in [-0.4, -0.2) is 35.1 Å². The summed E-state index contributed by atoms with van der Waals surface area (Å²) in [5, 5.41) is 2.27. The monoisotopic (exact) mass is 628 g/mol. The highest BCUT2D eigenvalue weighted by Crippen LogP contribution is 2.38. The molecule has 3 amide bonds. The summed E-state index contributed by atoms with van der Waals surface area (Å²) >= 11 is 2.98. The number of hydrogen-bond donors (Lipinski definition) is 1. The number of para-hydroxylation sites is 1. The van der Waals surface area contributed by atoms with Crippen molar-refractivity contribution in [1.29, 1.82) is 0 Å². The molecule has 1 N–H and O–H groups in total. The summed E-state index contributed by atoms with van der Waals surface area (Å²) < 4.78 is 12.7. The summed E-state index contributed by atoms with van der Waals surface area (Å²) in [6.07, 6.45) is 1.63. The Morgan fingerprint density at radius 2 is 1.78 bits per heavy atom. The largest absolute Gasteiger partial charge is 0.490 e. The number of nitrogens with one attached hydrogen (secondary N) is 1. The van der Waals surface area contributed by atoms with Crippen LogP contribution in [0.2, 0.25) is 0 Å². The number of carbonyl (C=O) groups is 3. The van der Waals surface area contributed by atoms with Gasteiger partial charge in [-0.1, -0.05) is 48.5 Å². The Kier molecular flexibility index (Phi) is 8.88. The van der Waals surface area contributed by atoms with Crippen molar-refractivity contribution in [3.8, 4) is 11.5 Å². The van der Waals surface area contributed by atoms with Crippen molar-refractivity contribution < 1.29 is 23.9 Å². The molecule has 0 radical (unpaired) electrons. The molecular weight excluding hydrogens is 603 g/mol. The number of imide groups is 1. The molecule has 0 atom stereocenters. The van der Waals surface area contributed by atoms with Crippen LogP contribution in [0.25, 0.3) is 6.08 Å². The second-order valence-corrected chi connectivity index (χ2v) is 10.3. The van der Waals surface area contributed by atoms with Gasteiger partial charge in [-0.05, 0) is 89.2 Å². The van der Waals surface area contributed by atoms with E-state index in [9.17, 15) is 14.4 Å². The van der Waals surface area contributed by atoms with Gasteiger partial charge >= 0.3 is 0 Å². The number of amides is 3. The Morgan fingerprint density at radius 1 is 1.05 bits per heavy atom. The quantitative estimate of drug-likeness (QED) is 0.223. The summed E-state index contributed by atoms with van der Waals surface area (Å²) in [7, 11) is 0. The molecule has 1 aliphatic heterocycles. The highest BCUT2D eigenvalue weighted by atomic mass is 127. The van der Waals surface area contributed by atoms with E-state index in [0.29, 0.717) is 36.0 Å². The zero-order valence-electron chi connectivity index (χ0n) is 20.3. The average Bonchev–Trinajstić information content (AvgIpc) is 3.13. The number of halogens is 1. The second-order valence-electron chi connectivity index (χ2n) is 8.17. The maximum Gasteiger partial charge on any atom is 0.294 e. The van der Waals surface area contributed by atoms with Crippen LogP contribution in [-0.2, 0) is 16.2 Å². The van der Waals surface area contributed by atoms with Gasteiger partial charge in [-0.2, -0.15) is 0 Å². The molecule has 3 aromatic rings. The Hall–Kier alpha value is -3.31. The minimum absolute atomic E-state index is 0.241. The van der Waals surface area contributed by atoms with Crippen LogP contribution in [0.15, 0.2) is 71.6 Å². The lowest BCUT2D eigenvalue weighted by Gasteiger charge is -2.15. The lowest BCUT2D eigenvalue weighted by atomic mass is 10.1. The maximum absolute atomic E-state index is 13.0. The van der Waals surface area contributed by atoms with E-state index >= 15 is 0 Å². The van der Waals surface area contributed by atoms with E-state index in [1.807, 2.05) is 62.4 Å². The molecule has 1 aliphatic rings. The summed E-state index contributed by atoms with van der Waals surface area (Å²) in [5.74, 6) is 0.219. The van der Waals surface area contributed by atoms with Crippen LogP contribution >= 0.6 is 34.4 Å². The second kappa shape index (κ2) is 12.3. The molecule has 0 spiro atoms. The lowest BCUT2D eigenvalue weighted by molar-refractivity contribution is -0.127. The van der Waals surface area contributed by atoms with Crippen LogP contribution in [0, 0.1) is 10.5 Å². The van der Waals surface area contributed by atoms with Crippen molar-refractivity contribution in [2.75, 3.05) is 18.5 Å². The van der Waals surface area contributed by atoms with Gasteiger partial charge in [-0.3, -0.25) is 19.3 Å². The summed E-state index contributed by atoms with van der Waals surface area (Å²) in [6.45, 7) is 4.22. The predicted molar refractivity (Wildman–Crippen MR) is 154 cm³/mol. The third-order valence-corrected chi connectivity index (χ3v) is 7.16. The fraction of sp³-hybridized carbons (Fsp3) is 0.179. The summed E-state index contributed by atoms with van der Waals surface area (Å²) in [4.78, 5) is 39.2. The molecule has 1 heterocycles. The zero-order chi connectivity index (χ0) is 26.4. The molecule has 7 nitrogen and oxygen atoms in total. The number of aryl methyl sites for hydroxylation is 1. The zero-order valence-corrected chi connectivity index (χ0v) is 23.3. The van der Waals surface area contributed by atoms with Gasteiger partial charge < -0.3 is 14.8 Å². The number of anilines is 1. The third kappa shape index (κ3) is 6.72. The van der Waals surface area contributed by atoms with Crippen molar-refractivity contribution >= 4 is 63.2 Å². The van der Waals surface area contributed by atoms with Gasteiger partial charge in [0.2, 0.25) is 5.91 Å². The highest BCUT2D eigenvalue weighted by Gasteiger charge is 2.36. The Morgan fingerprint density at radius 3 is 2.51 bits per heavy atom. The number of ether oxygens (including phenoxy) is 2. The number of thioether (sulfide) groups is 1. The van der Waals surface area contributed by atoms with Crippen LogP contribution in [0.1, 0.15) is 23.6 Å². The fourth-order valence-corrected chi connectivity index (χ4v) is 5.26. The number of rotatable bonds is 9. The Labute approximate surface area is 233 Å². The van der Waals surface area contributed by atoms with Crippen molar-refractivity contribution in [2.24, 2.45) is 0 Å². The van der Waals surface area contributed by atoms with Gasteiger partial charge in [0, 0.05) is 5.69 Å². The first kappa shape index (κ1) is 26.7. The summed E-state index contributed by atoms with van der Waals surface area (Å²) in [5.41, 5.74) is 3.25. The Balaban J connectivity index is 1.49. The van der Waals surface area contributed by atoms with Gasteiger partial charge in [-0.15, -0.1) is 0 Å². The van der Waals surface area contributed by atoms with E-state index in [-0.39, 0.29) is 11.4 Å². The van der Waals surface area contributed by atoms with Gasteiger partial charge in [0.1, 0.15) is 13.2 Å². The van der Waals surface area contributed by atoms with E-state index in [0.717, 1.165) is 31.4 Å². The van der Waals surface area contributed by atoms with Gasteiger partial charge in [0.05, 0.1) is 15.1 Å². The molecule has 0 saturated carbocycles. The van der Waals surface area contributed by atoms with Crippen LogP contribution in [0.3, 0.4) is 0 Å². The standard InChI is InChI=1S/C28H25IN2O5S/c1-3-35-23-14-20(13-21(29)26(23)36-17-19-10-5-4-6-11-19)15-24-27(33)31(28(34)37-24)16-25(32)30-22-12-8-7-9-18(22)2/h4-15H,3,16-17H2,1-2H3,(H,30,32)/b24-15+. The Bertz CT molecular complexity index is 1360. The molecule has 37 heavy (non-hydrogen) atoms. The predicted octanol–water partition coefficient (Wildman–Crippen LogP) is 6.25. The van der Waals surface area contributed by atoms with Crippen LogP contribution in [0.4, 0.5) is 10.5 Å². The van der Waals surface area contributed by atoms with Crippen LogP contribution in [0.5, 0.6) is 11.5 Å². The first-order valence-corrected chi connectivity index (χ1v) is 13.5. The van der Waals surface area contributed by atoms with E-state index in [1.54, 1.807) is 24.3 Å². The van der Waals surface area contributed by atoms with E-state index in [4.69, 9.17) is 9.47 Å². The lowest BCUT2D eigenvalue weighted by Crippen LogP contribution is -2.36. The molecule has 0 aromatic heterocycles. The maximum atomic E-state index is 13.0. The molecular formula is C28H25IN2O5S. The van der Waals surface area contributed by atoms with Gasteiger partial charge in [0.15, 0.2) is 11.5 Å². The molecule has 4 rings (SSSR count). The number of carbonyl (C=O) groups excluding carboxylic acids is 3. The molecule has 9 heteroatoms. The van der Waals surface area contributed by atoms with E-state index < -0.39 is 17.1 Å². The normalized spacial score (nSPS) is 14.2. The summed E-state index contributed by atoms with van der Waals surface area (Å²) in [6, 6.07) is 20.8. The SMILES string of the molecule is CCOc1cc(/C=C2/SC(=O)N(CC(=O)Nc3ccccc3C)C2=O)cc(I)c1OCc1ccccc1. The molecule has 1 fully saturated rings. The minimum Gasteiger partial charge on any atom is -0.490 e. The van der Waals surface area contributed by atoms with E-state index in [1.165, 1.54) is 0 Å². The first-order valence-electron chi connectivity index (χ1n) is 11.6. The molecule has 0 bridgehead atoms. The highest BCUT2D eigenvalue weighted by molar-refractivity contribution is 14.1. The van der Waals surface area contributed by atoms with Crippen LogP contribution < -0.4 is 14.8 Å². The molecule has 0 unspecified atom stereocenters. The van der Waals surface area contributed by atoms with Gasteiger partial charge in [-0.25, -0.2) is 0 Å². The molecule has 1 saturated heterocycles. The van der Waals surface area contributed by atoms with Crippen molar-refractivity contribution in [2.45, 2.75) is 20.5 Å².